The van der Waals surface area contributed by atoms with Crippen LogP contribution in [0.4, 0.5) is 23.2 Å². The molecule has 12 nitrogen and oxygen atoms in total. The third-order valence-electron chi connectivity index (χ3n) is 8.41. The molecule has 0 saturated carbocycles. The molecule has 2 aromatic heterocycles. The van der Waals surface area contributed by atoms with Crippen molar-refractivity contribution in [1.82, 2.24) is 14.5 Å². The average Bonchev–Trinajstić information content (AvgIpc) is 3.52. The molecule has 298 valence electrons. The fourth-order valence-corrected chi connectivity index (χ4v) is 8.30. The number of nitrogens with two attached hydrogens (primary N) is 1. The number of carbonyl (C=O) groups is 1. The molecule has 55 heavy (non-hydrogen) atoms. The zero-order chi connectivity index (χ0) is 40.9. The second kappa shape index (κ2) is 17.6. The Labute approximate surface area is 319 Å². The molecule has 4 aromatic rings. The fraction of sp³-hybridized carbons (Fsp3) is 0.389. The molecule has 2 heterocycles. The van der Waals surface area contributed by atoms with E-state index in [1.807, 2.05) is 0 Å². The summed E-state index contributed by atoms with van der Waals surface area (Å²) in [7, 11) is -6.37. The van der Waals surface area contributed by atoms with E-state index < -0.39 is 88.4 Å². The normalized spacial score (nSPS) is 12.2. The molecule has 0 radical (unpaired) electrons. The van der Waals surface area contributed by atoms with Gasteiger partial charge in [0.1, 0.15) is 47.2 Å². The maximum Gasteiger partial charge on any atom is 0.267 e. The Balaban J connectivity index is 1.79. The first-order valence-electron chi connectivity index (χ1n) is 17.2. The second-order valence-corrected chi connectivity index (χ2v) is 28.4. The van der Waals surface area contributed by atoms with Gasteiger partial charge < -0.3 is 25.3 Å². The fourth-order valence-electron chi connectivity index (χ4n) is 5.30. The summed E-state index contributed by atoms with van der Waals surface area (Å²) in [4.78, 5) is 19.5. The Kier molecular flexibility index (Phi) is 13.8. The summed E-state index contributed by atoms with van der Waals surface area (Å²) in [6.45, 7) is 13.2. The summed E-state index contributed by atoms with van der Waals surface area (Å²) in [5.74, 6) is -7.21. The van der Waals surface area contributed by atoms with Crippen LogP contribution < -0.4 is 15.8 Å². The monoisotopic (exact) mass is 822 g/mol. The lowest BCUT2D eigenvalue weighted by Crippen LogP contribution is -2.25. The maximum absolute atomic E-state index is 16.8. The molecule has 0 aliphatic rings. The van der Waals surface area contributed by atoms with Crippen LogP contribution in [0.2, 0.25) is 51.4 Å². The number of methoxy groups -OCH3 is 1. The first kappa shape index (κ1) is 43.3. The van der Waals surface area contributed by atoms with Crippen molar-refractivity contribution in [2.24, 2.45) is 5.73 Å². The SMILES string of the molecule is COc1ncc(F)cc1S(=O)(=O)Cc1ccc(F)c(-c2ccc(C(=N)c3ncc(C(N)=O)n3COCC[Si](C)(C)C)c(NCOCC[Si](C)(C)C)c2F)c1F. The molecular formula is C36H46F4N6O6SSi2. The predicted octanol–water partition coefficient (Wildman–Crippen LogP) is 7.04. The van der Waals surface area contributed by atoms with E-state index in [-0.39, 0.29) is 41.9 Å². The van der Waals surface area contributed by atoms with Crippen molar-refractivity contribution in [3.05, 3.63) is 88.6 Å². The number of primary amides is 1. The lowest BCUT2D eigenvalue weighted by molar-refractivity contribution is 0.0804. The standard InChI is InChI=1S/C36H46F4N6O6SSi2/c1-50-36-28(16-23(37)17-44-36)53(48,49)19-22-8-11-26(38)29(30(22)39)24-9-10-25(33(31(24)40)45-20-51-12-14-54(2,3)4)32(41)35-43-18-27(34(42)47)46(35)21-52-13-15-55(5,6)7/h8-11,16-18,41,45H,12-15,19-21H2,1-7H3,(H2,42,47). The van der Waals surface area contributed by atoms with Gasteiger partial charge in [-0.2, -0.15) is 0 Å². The van der Waals surface area contributed by atoms with E-state index in [1.165, 1.54) is 16.8 Å². The number of hydrogen-bond acceptors (Lipinski definition) is 10. The minimum Gasteiger partial charge on any atom is -0.480 e. The van der Waals surface area contributed by atoms with E-state index in [0.717, 1.165) is 43.6 Å². The third kappa shape index (κ3) is 10.9. The lowest BCUT2D eigenvalue weighted by atomic mass is 9.96. The Morgan fingerprint density at radius 3 is 2.20 bits per heavy atom. The summed E-state index contributed by atoms with van der Waals surface area (Å²) in [6, 6.07) is 6.23. The number of amides is 1. The summed E-state index contributed by atoms with van der Waals surface area (Å²) in [5, 5.41) is 11.9. The van der Waals surface area contributed by atoms with Gasteiger partial charge in [-0.3, -0.25) is 14.8 Å². The third-order valence-corrected chi connectivity index (χ3v) is 13.5. The topological polar surface area (TPSA) is 172 Å². The number of anilines is 1. The zero-order valence-corrected chi connectivity index (χ0v) is 34.6. The van der Waals surface area contributed by atoms with E-state index in [2.05, 4.69) is 54.6 Å². The van der Waals surface area contributed by atoms with Gasteiger partial charge >= 0.3 is 0 Å². The van der Waals surface area contributed by atoms with Crippen molar-refractivity contribution in [3.8, 4) is 17.0 Å². The van der Waals surface area contributed by atoms with Crippen LogP contribution in [0.25, 0.3) is 11.1 Å². The van der Waals surface area contributed by atoms with Crippen molar-refractivity contribution in [2.45, 2.75) is 68.7 Å². The number of nitrogens with one attached hydrogen (secondary N) is 2. The number of carbonyl (C=O) groups excluding carboxylic acids is 1. The lowest BCUT2D eigenvalue weighted by Gasteiger charge is -2.20. The molecular weight excluding hydrogens is 777 g/mol. The highest BCUT2D eigenvalue weighted by molar-refractivity contribution is 7.90. The number of ether oxygens (including phenoxy) is 3. The van der Waals surface area contributed by atoms with Gasteiger partial charge in [0.15, 0.2) is 21.5 Å². The summed E-state index contributed by atoms with van der Waals surface area (Å²) < 4.78 is 107. The number of sulfone groups is 1. The van der Waals surface area contributed by atoms with Crippen molar-refractivity contribution in [1.29, 1.82) is 5.41 Å². The summed E-state index contributed by atoms with van der Waals surface area (Å²) in [5.41, 5.74) is 2.65. The molecule has 0 aliphatic heterocycles. The molecule has 1 amide bonds. The van der Waals surface area contributed by atoms with Crippen LogP contribution in [0.5, 0.6) is 5.88 Å². The largest absolute Gasteiger partial charge is 0.480 e. The Morgan fingerprint density at radius 1 is 0.927 bits per heavy atom. The number of pyridine rings is 1. The van der Waals surface area contributed by atoms with E-state index in [1.54, 1.807) is 0 Å². The zero-order valence-electron chi connectivity index (χ0n) is 31.8. The molecule has 4 rings (SSSR count). The van der Waals surface area contributed by atoms with Crippen LogP contribution in [0.15, 0.2) is 47.6 Å². The van der Waals surface area contributed by atoms with Gasteiger partial charge in [-0.25, -0.2) is 35.9 Å². The van der Waals surface area contributed by atoms with Crippen LogP contribution in [0.1, 0.15) is 27.4 Å². The quantitative estimate of drug-likeness (QED) is 0.0295. The number of imidazole rings is 1. The molecule has 0 aliphatic carbocycles. The number of hydrogen-bond donors (Lipinski definition) is 3. The van der Waals surface area contributed by atoms with Gasteiger partial charge in [0, 0.05) is 46.1 Å². The van der Waals surface area contributed by atoms with Crippen LogP contribution in [-0.4, -0.2) is 77.8 Å². The predicted molar refractivity (Wildman–Crippen MR) is 207 cm³/mol. The average molecular weight is 823 g/mol. The van der Waals surface area contributed by atoms with Crippen molar-refractivity contribution in [3.63, 3.8) is 0 Å². The molecule has 0 saturated heterocycles. The van der Waals surface area contributed by atoms with Crippen LogP contribution in [-0.2, 0) is 31.8 Å². The number of aromatic nitrogens is 3. The van der Waals surface area contributed by atoms with Gasteiger partial charge in [-0.05, 0) is 30.3 Å². The highest BCUT2D eigenvalue weighted by Crippen LogP contribution is 2.37. The molecule has 0 fully saturated rings. The van der Waals surface area contributed by atoms with Crippen molar-refractivity contribution in [2.75, 3.05) is 32.4 Å². The highest BCUT2D eigenvalue weighted by atomic mass is 32.2. The number of benzene rings is 2. The highest BCUT2D eigenvalue weighted by Gasteiger charge is 2.29. The van der Waals surface area contributed by atoms with Crippen molar-refractivity contribution >= 4 is 43.3 Å². The van der Waals surface area contributed by atoms with E-state index in [4.69, 9.17) is 25.4 Å². The maximum atomic E-state index is 16.8. The minimum absolute atomic E-state index is 0.0587. The summed E-state index contributed by atoms with van der Waals surface area (Å²) in [6.07, 6.45) is 1.92. The molecule has 0 bridgehead atoms. The second-order valence-electron chi connectivity index (χ2n) is 15.2. The van der Waals surface area contributed by atoms with Crippen LogP contribution >= 0.6 is 0 Å². The smallest absolute Gasteiger partial charge is 0.267 e. The van der Waals surface area contributed by atoms with E-state index >= 15 is 13.2 Å². The van der Waals surface area contributed by atoms with E-state index in [0.29, 0.717) is 19.3 Å². The summed E-state index contributed by atoms with van der Waals surface area (Å²) >= 11 is 0. The first-order valence-corrected chi connectivity index (χ1v) is 26.3. The van der Waals surface area contributed by atoms with Gasteiger partial charge in [-0.1, -0.05) is 51.4 Å². The Morgan fingerprint density at radius 2 is 1.58 bits per heavy atom. The number of rotatable bonds is 19. The van der Waals surface area contributed by atoms with Crippen LogP contribution in [0, 0.1) is 28.7 Å². The van der Waals surface area contributed by atoms with Gasteiger partial charge in [0.2, 0.25) is 5.88 Å². The minimum atomic E-state index is -4.52. The Hall–Kier alpha value is -4.44. The molecule has 4 N–H and O–H groups in total. The van der Waals surface area contributed by atoms with Gasteiger partial charge in [0.05, 0.1) is 36.5 Å². The number of nitrogens with zero attached hydrogens (tertiary/aromatic N) is 3. The molecule has 0 atom stereocenters. The molecule has 19 heteroatoms. The van der Waals surface area contributed by atoms with Gasteiger partial charge in [0.25, 0.3) is 5.91 Å². The molecule has 0 unspecified atom stereocenters. The van der Waals surface area contributed by atoms with Crippen molar-refractivity contribution < 1.29 is 45.0 Å². The van der Waals surface area contributed by atoms with E-state index in [9.17, 15) is 17.6 Å². The Bertz CT molecular complexity index is 2170. The molecule has 0 spiro atoms. The number of halogens is 4. The first-order chi connectivity index (χ1) is 25.6. The van der Waals surface area contributed by atoms with Gasteiger partial charge in [-0.15, -0.1) is 0 Å². The molecule has 2 aromatic carbocycles. The van der Waals surface area contributed by atoms with Crippen LogP contribution in [0.3, 0.4) is 0 Å².